The minimum absolute atomic E-state index is 0.0247. The Kier molecular flexibility index (Phi) is 4.76. The van der Waals surface area contributed by atoms with Crippen molar-refractivity contribution in [2.24, 2.45) is 0 Å². The molecule has 1 saturated heterocycles. The van der Waals surface area contributed by atoms with Gasteiger partial charge in [0.1, 0.15) is 0 Å². The van der Waals surface area contributed by atoms with E-state index in [2.05, 4.69) is 16.3 Å². The van der Waals surface area contributed by atoms with E-state index in [9.17, 15) is 14.7 Å². The second-order valence-corrected chi connectivity index (χ2v) is 8.90. The molecule has 1 fully saturated rings. The van der Waals surface area contributed by atoms with E-state index >= 15 is 0 Å². The molecule has 1 aromatic rings. The molecule has 0 radical (unpaired) electrons. The maximum atomic E-state index is 13.4. The Bertz CT molecular complexity index is 976. The van der Waals surface area contributed by atoms with Gasteiger partial charge >= 0.3 is 0 Å². The Labute approximate surface area is 174 Å². The van der Waals surface area contributed by atoms with Crippen LogP contribution in [0.25, 0.3) is 5.70 Å². The molecule has 0 bridgehead atoms. The topological polar surface area (TPSA) is 60.9 Å². The van der Waals surface area contributed by atoms with Gasteiger partial charge in [0.05, 0.1) is 28.3 Å². The second-order valence-electron chi connectivity index (χ2n) is 7.99. The number of hydrogen-bond acceptors (Lipinski definition) is 5. The highest BCUT2D eigenvalue weighted by molar-refractivity contribution is 7.11. The minimum atomic E-state index is -0.310. The van der Waals surface area contributed by atoms with Crippen molar-refractivity contribution in [1.29, 1.82) is 0 Å². The van der Waals surface area contributed by atoms with Crippen LogP contribution in [-0.2, 0) is 16.0 Å². The third kappa shape index (κ3) is 3.20. The fraction of sp³-hybridized carbons (Fsp3) is 0.391. The lowest BCUT2D eigenvalue weighted by atomic mass is 9.88. The Balaban J connectivity index is 1.55. The Morgan fingerprint density at radius 1 is 1.21 bits per heavy atom. The van der Waals surface area contributed by atoms with Crippen molar-refractivity contribution in [3.8, 4) is 0 Å². The van der Waals surface area contributed by atoms with Gasteiger partial charge in [0.15, 0.2) is 5.78 Å². The SMILES string of the molecule is O=C1CC=CC=C1C1C=CC(C(=O)N2CCC(O)CC2)=C2c3sccc3CCN21. The molecule has 0 saturated carbocycles. The first kappa shape index (κ1) is 18.6. The van der Waals surface area contributed by atoms with Crippen molar-refractivity contribution in [3.63, 3.8) is 0 Å². The summed E-state index contributed by atoms with van der Waals surface area (Å²) in [5.41, 5.74) is 3.75. The maximum Gasteiger partial charge on any atom is 0.256 e. The Hall–Kier alpha value is -2.44. The van der Waals surface area contributed by atoms with Crippen LogP contribution in [0, 0.1) is 0 Å². The zero-order valence-electron chi connectivity index (χ0n) is 16.2. The third-order valence-electron chi connectivity index (χ3n) is 6.25. The van der Waals surface area contributed by atoms with Gasteiger partial charge in [-0.05, 0) is 42.3 Å². The van der Waals surface area contributed by atoms with Crippen molar-refractivity contribution in [3.05, 3.63) is 63.4 Å². The normalized spacial score (nSPS) is 24.5. The van der Waals surface area contributed by atoms with E-state index in [0.29, 0.717) is 37.9 Å². The van der Waals surface area contributed by atoms with Gasteiger partial charge < -0.3 is 14.9 Å². The number of aliphatic hydroxyl groups is 1. The molecule has 4 heterocycles. The monoisotopic (exact) mass is 408 g/mol. The summed E-state index contributed by atoms with van der Waals surface area (Å²) < 4.78 is 0. The fourth-order valence-electron chi connectivity index (χ4n) is 4.65. The van der Waals surface area contributed by atoms with Crippen LogP contribution in [0.15, 0.2) is 53.0 Å². The zero-order chi connectivity index (χ0) is 20.0. The molecule has 1 atom stereocenters. The van der Waals surface area contributed by atoms with Gasteiger partial charge in [-0.2, -0.15) is 0 Å². The third-order valence-corrected chi connectivity index (χ3v) is 7.21. The number of ketones is 1. The minimum Gasteiger partial charge on any atom is -0.393 e. The zero-order valence-corrected chi connectivity index (χ0v) is 17.0. The molecule has 5 nitrogen and oxygen atoms in total. The lowest BCUT2D eigenvalue weighted by Crippen LogP contribution is -2.45. The average Bonchev–Trinajstić information content (AvgIpc) is 3.23. The van der Waals surface area contributed by atoms with Gasteiger partial charge in [-0.25, -0.2) is 0 Å². The van der Waals surface area contributed by atoms with E-state index in [1.54, 1.807) is 11.3 Å². The van der Waals surface area contributed by atoms with Crippen LogP contribution in [0.2, 0.25) is 0 Å². The molecule has 1 unspecified atom stereocenters. The molecule has 29 heavy (non-hydrogen) atoms. The fourth-order valence-corrected chi connectivity index (χ4v) is 5.68. The number of hydrogen-bond donors (Lipinski definition) is 1. The number of Topliss-reactive ketones (excluding diaryl/α,β-unsaturated/α-hetero) is 1. The van der Waals surface area contributed by atoms with Gasteiger partial charge in [0.2, 0.25) is 0 Å². The van der Waals surface area contributed by atoms with E-state index in [1.807, 2.05) is 35.3 Å². The summed E-state index contributed by atoms with van der Waals surface area (Å²) >= 11 is 1.67. The first-order valence-corrected chi connectivity index (χ1v) is 11.1. The molecule has 150 valence electrons. The van der Waals surface area contributed by atoms with Crippen LogP contribution in [0.4, 0.5) is 0 Å². The molecule has 0 spiro atoms. The summed E-state index contributed by atoms with van der Waals surface area (Å²) in [6, 6.07) is 2.02. The predicted octanol–water partition coefficient (Wildman–Crippen LogP) is 2.69. The van der Waals surface area contributed by atoms with Crippen LogP contribution in [0.5, 0.6) is 0 Å². The summed E-state index contributed by atoms with van der Waals surface area (Å²) in [5.74, 6) is 0.176. The van der Waals surface area contributed by atoms with Crippen molar-refractivity contribution in [2.45, 2.75) is 37.8 Å². The van der Waals surface area contributed by atoms with Crippen LogP contribution in [-0.4, -0.2) is 58.4 Å². The smallest absolute Gasteiger partial charge is 0.256 e. The van der Waals surface area contributed by atoms with E-state index in [-0.39, 0.29) is 23.8 Å². The van der Waals surface area contributed by atoms with E-state index in [1.165, 1.54) is 5.56 Å². The summed E-state index contributed by atoms with van der Waals surface area (Å²) in [6.45, 7) is 1.96. The van der Waals surface area contributed by atoms with Gasteiger partial charge in [-0.15, -0.1) is 11.3 Å². The molecule has 1 amide bonds. The first-order valence-electron chi connectivity index (χ1n) is 10.3. The highest BCUT2D eigenvalue weighted by atomic mass is 32.1. The first-order chi connectivity index (χ1) is 14.1. The molecule has 5 rings (SSSR count). The molecule has 0 aromatic carbocycles. The number of carbonyl (C=O) groups excluding carboxylic acids is 2. The Morgan fingerprint density at radius 3 is 2.83 bits per heavy atom. The van der Waals surface area contributed by atoms with E-state index < -0.39 is 0 Å². The van der Waals surface area contributed by atoms with Crippen molar-refractivity contribution >= 4 is 28.7 Å². The summed E-state index contributed by atoms with van der Waals surface area (Å²) in [4.78, 5) is 31.2. The highest BCUT2D eigenvalue weighted by Gasteiger charge is 2.37. The number of allylic oxidation sites excluding steroid dienone is 3. The molecule has 3 aliphatic heterocycles. The van der Waals surface area contributed by atoms with Crippen LogP contribution >= 0.6 is 11.3 Å². The summed E-state index contributed by atoms with van der Waals surface area (Å²) in [6.07, 6.45) is 12.0. The number of carbonyl (C=O) groups is 2. The predicted molar refractivity (Wildman–Crippen MR) is 113 cm³/mol. The second kappa shape index (κ2) is 7.43. The average molecular weight is 409 g/mol. The molecule has 4 aliphatic rings. The lowest BCUT2D eigenvalue weighted by molar-refractivity contribution is -0.128. The Morgan fingerprint density at radius 2 is 2.03 bits per heavy atom. The number of piperidine rings is 1. The standard InChI is InChI=1S/C23H24N2O3S/c26-16-8-11-24(12-9-16)23(28)18-5-6-19(17-3-1-2-4-20(17)27)25-13-7-15-10-14-29-22(15)21(18)25/h1-3,5-6,10,14,16,19,26H,4,7-9,11-13H2. The van der Waals surface area contributed by atoms with E-state index in [0.717, 1.165) is 29.1 Å². The number of rotatable bonds is 2. The van der Waals surface area contributed by atoms with Gasteiger partial charge in [-0.1, -0.05) is 24.3 Å². The summed E-state index contributed by atoms with van der Waals surface area (Å²) in [5, 5.41) is 11.9. The van der Waals surface area contributed by atoms with Crippen molar-refractivity contribution in [2.75, 3.05) is 19.6 Å². The molecular formula is C23H24N2O3S. The van der Waals surface area contributed by atoms with Crippen LogP contribution in [0.1, 0.15) is 29.7 Å². The number of amides is 1. The number of likely N-dealkylation sites (tertiary alicyclic amines) is 1. The molecular weight excluding hydrogens is 384 g/mol. The molecule has 1 aromatic heterocycles. The van der Waals surface area contributed by atoms with Crippen LogP contribution < -0.4 is 0 Å². The van der Waals surface area contributed by atoms with Crippen molar-refractivity contribution in [1.82, 2.24) is 9.80 Å². The summed E-state index contributed by atoms with van der Waals surface area (Å²) in [7, 11) is 0. The van der Waals surface area contributed by atoms with Gasteiger partial charge in [0.25, 0.3) is 5.91 Å². The van der Waals surface area contributed by atoms with Crippen molar-refractivity contribution < 1.29 is 14.7 Å². The molecule has 6 heteroatoms. The largest absolute Gasteiger partial charge is 0.393 e. The maximum absolute atomic E-state index is 13.4. The number of aliphatic hydroxyl groups excluding tert-OH is 1. The van der Waals surface area contributed by atoms with Crippen LogP contribution in [0.3, 0.4) is 0 Å². The highest BCUT2D eigenvalue weighted by Crippen LogP contribution is 2.41. The van der Waals surface area contributed by atoms with Gasteiger partial charge in [-0.3, -0.25) is 9.59 Å². The van der Waals surface area contributed by atoms with Gasteiger partial charge in [0, 0.05) is 31.6 Å². The number of thiophene rings is 1. The number of fused-ring (bicyclic) bond motifs is 3. The molecule has 1 aliphatic carbocycles. The molecule has 1 N–H and O–H groups in total. The lowest BCUT2D eigenvalue weighted by Gasteiger charge is -2.42. The number of nitrogens with zero attached hydrogens (tertiary/aromatic N) is 2. The quantitative estimate of drug-likeness (QED) is 0.817. The van der Waals surface area contributed by atoms with E-state index in [4.69, 9.17) is 0 Å².